The lowest BCUT2D eigenvalue weighted by molar-refractivity contribution is 0.618. The predicted octanol–water partition coefficient (Wildman–Crippen LogP) is 3.74. The maximum absolute atomic E-state index is 6.98. The molecule has 1 rings (SSSR count). The summed E-state index contributed by atoms with van der Waals surface area (Å²) in [6.07, 6.45) is 10.7. The molecule has 1 nitrogen and oxygen atoms in total. The van der Waals surface area contributed by atoms with Crippen LogP contribution in [0.1, 0.15) is 27.2 Å². The van der Waals surface area contributed by atoms with Crippen molar-refractivity contribution in [3.8, 4) is 0 Å². The average molecular weight is 189 g/mol. The second kappa shape index (κ2) is 4.94. The highest BCUT2D eigenvalue weighted by molar-refractivity contribution is 5.69. The summed E-state index contributed by atoms with van der Waals surface area (Å²) in [5.41, 5.74) is 2.81. The first-order valence-electron chi connectivity index (χ1n) is 5.23. The number of hydrogen-bond donors (Lipinski definition) is 1. The van der Waals surface area contributed by atoms with Crippen LogP contribution in [0.15, 0.2) is 35.5 Å². The van der Waals surface area contributed by atoms with Crippen molar-refractivity contribution in [2.75, 3.05) is 0 Å². The predicted molar refractivity (Wildman–Crippen MR) is 62.7 cm³/mol. The number of hydrogen-bond acceptors (Lipinski definition) is 1. The Kier molecular flexibility index (Phi) is 3.87. The quantitative estimate of drug-likeness (QED) is 0.654. The number of nitrogens with one attached hydrogen (secondary N) is 1. The lowest BCUT2D eigenvalue weighted by atomic mass is 9.84. The monoisotopic (exact) mass is 189 g/mol. The van der Waals surface area contributed by atoms with Gasteiger partial charge in [-0.05, 0) is 29.9 Å². The zero-order chi connectivity index (χ0) is 10.6. The fraction of sp³-hybridized carbons (Fsp3) is 0.462. The van der Waals surface area contributed by atoms with E-state index in [9.17, 15) is 0 Å². The van der Waals surface area contributed by atoms with E-state index in [4.69, 9.17) is 5.41 Å². The minimum Gasteiger partial charge on any atom is -0.309 e. The minimum atomic E-state index is 0.604. The Balaban J connectivity index is 2.94. The van der Waals surface area contributed by atoms with Gasteiger partial charge in [-0.2, -0.15) is 0 Å². The zero-order valence-corrected chi connectivity index (χ0v) is 9.25. The SMILES string of the molecule is CC1C=CC(/C=C\C=N)=C(C(C)C)C1. The van der Waals surface area contributed by atoms with Crippen LogP contribution >= 0.6 is 0 Å². The topological polar surface area (TPSA) is 23.9 Å². The summed E-state index contributed by atoms with van der Waals surface area (Å²) >= 11 is 0. The van der Waals surface area contributed by atoms with Crippen LogP contribution in [0.25, 0.3) is 0 Å². The summed E-state index contributed by atoms with van der Waals surface area (Å²) in [6, 6.07) is 0. The van der Waals surface area contributed by atoms with Crippen LogP contribution in [0.2, 0.25) is 0 Å². The van der Waals surface area contributed by atoms with Gasteiger partial charge in [0.1, 0.15) is 0 Å². The summed E-state index contributed by atoms with van der Waals surface area (Å²) in [5.74, 6) is 1.26. The first kappa shape index (κ1) is 11.0. The van der Waals surface area contributed by atoms with E-state index in [0.717, 1.165) is 6.42 Å². The molecule has 1 aliphatic carbocycles. The van der Waals surface area contributed by atoms with E-state index in [2.05, 4.69) is 32.9 Å². The molecule has 1 heteroatoms. The van der Waals surface area contributed by atoms with Gasteiger partial charge in [0.15, 0.2) is 0 Å². The van der Waals surface area contributed by atoms with Crippen LogP contribution < -0.4 is 0 Å². The van der Waals surface area contributed by atoms with Crippen LogP contribution in [0.4, 0.5) is 0 Å². The Labute approximate surface area is 86.7 Å². The Bertz CT molecular complexity index is 292. The molecule has 1 unspecified atom stereocenters. The van der Waals surface area contributed by atoms with Gasteiger partial charge < -0.3 is 5.41 Å². The third kappa shape index (κ3) is 2.69. The highest BCUT2D eigenvalue weighted by Gasteiger charge is 2.13. The molecule has 1 aliphatic rings. The average Bonchev–Trinajstić information content (AvgIpc) is 2.15. The van der Waals surface area contributed by atoms with Crippen molar-refractivity contribution in [1.82, 2.24) is 0 Å². The van der Waals surface area contributed by atoms with Gasteiger partial charge in [0.05, 0.1) is 0 Å². The molecule has 0 fully saturated rings. The smallest absolute Gasteiger partial charge is 0.0177 e. The molecule has 0 heterocycles. The normalized spacial score (nSPS) is 22.4. The van der Waals surface area contributed by atoms with Crippen LogP contribution in [0, 0.1) is 17.2 Å². The third-order valence-electron chi connectivity index (χ3n) is 2.59. The van der Waals surface area contributed by atoms with Crippen molar-refractivity contribution < 1.29 is 0 Å². The highest BCUT2D eigenvalue weighted by atomic mass is 14.3. The van der Waals surface area contributed by atoms with E-state index in [1.165, 1.54) is 17.4 Å². The molecule has 0 amide bonds. The second-order valence-corrected chi connectivity index (χ2v) is 4.20. The van der Waals surface area contributed by atoms with E-state index in [0.29, 0.717) is 11.8 Å². The Morgan fingerprint density at radius 2 is 2.21 bits per heavy atom. The van der Waals surface area contributed by atoms with Gasteiger partial charge in [-0.15, -0.1) is 0 Å². The van der Waals surface area contributed by atoms with Gasteiger partial charge in [0.25, 0.3) is 0 Å². The molecule has 0 aromatic heterocycles. The molecular weight excluding hydrogens is 170 g/mol. The van der Waals surface area contributed by atoms with Gasteiger partial charge in [0, 0.05) is 6.21 Å². The van der Waals surface area contributed by atoms with E-state index >= 15 is 0 Å². The largest absolute Gasteiger partial charge is 0.309 e. The Hall–Kier alpha value is -1.11. The lowest BCUT2D eigenvalue weighted by Gasteiger charge is -2.21. The molecule has 1 atom stereocenters. The van der Waals surface area contributed by atoms with Crippen LogP contribution in [-0.2, 0) is 0 Å². The van der Waals surface area contributed by atoms with E-state index in [1.54, 1.807) is 6.08 Å². The van der Waals surface area contributed by atoms with Crippen molar-refractivity contribution in [2.24, 2.45) is 11.8 Å². The van der Waals surface area contributed by atoms with Crippen LogP contribution in [0.3, 0.4) is 0 Å². The van der Waals surface area contributed by atoms with E-state index in [1.807, 2.05) is 6.08 Å². The van der Waals surface area contributed by atoms with Crippen molar-refractivity contribution in [1.29, 1.82) is 5.41 Å². The second-order valence-electron chi connectivity index (χ2n) is 4.20. The molecule has 0 saturated heterocycles. The standard InChI is InChI=1S/C13H19N/c1-10(2)13-9-11(3)6-7-12(13)5-4-8-14/h4-8,10-11,14H,9H2,1-3H3/b5-4-,14-8?. The maximum Gasteiger partial charge on any atom is 0.0177 e. The molecule has 0 aliphatic heterocycles. The molecule has 1 N–H and O–H groups in total. The summed E-state index contributed by atoms with van der Waals surface area (Å²) < 4.78 is 0. The summed E-state index contributed by atoms with van der Waals surface area (Å²) in [5, 5.41) is 6.98. The molecule has 0 bridgehead atoms. The molecule has 0 radical (unpaired) electrons. The first-order valence-corrected chi connectivity index (χ1v) is 5.23. The lowest BCUT2D eigenvalue weighted by Crippen LogP contribution is -2.06. The van der Waals surface area contributed by atoms with Crippen molar-refractivity contribution in [3.63, 3.8) is 0 Å². The zero-order valence-electron chi connectivity index (χ0n) is 9.25. The molecular formula is C13H19N. The van der Waals surface area contributed by atoms with Crippen molar-refractivity contribution in [3.05, 3.63) is 35.5 Å². The van der Waals surface area contributed by atoms with E-state index < -0.39 is 0 Å². The number of rotatable bonds is 3. The molecule has 0 saturated carbocycles. The Morgan fingerprint density at radius 1 is 1.50 bits per heavy atom. The summed E-state index contributed by atoms with van der Waals surface area (Å²) in [6.45, 7) is 6.72. The number of allylic oxidation sites excluding steroid dienone is 6. The fourth-order valence-corrected chi connectivity index (χ4v) is 1.79. The van der Waals surface area contributed by atoms with Crippen LogP contribution in [0.5, 0.6) is 0 Å². The summed E-state index contributed by atoms with van der Waals surface area (Å²) in [4.78, 5) is 0. The Morgan fingerprint density at radius 3 is 2.79 bits per heavy atom. The highest BCUT2D eigenvalue weighted by Crippen LogP contribution is 2.29. The van der Waals surface area contributed by atoms with E-state index in [-0.39, 0.29) is 0 Å². The molecule has 0 aromatic rings. The summed E-state index contributed by atoms with van der Waals surface area (Å²) in [7, 11) is 0. The van der Waals surface area contributed by atoms with Crippen molar-refractivity contribution >= 4 is 6.21 Å². The van der Waals surface area contributed by atoms with Gasteiger partial charge in [-0.25, -0.2) is 0 Å². The van der Waals surface area contributed by atoms with Gasteiger partial charge >= 0.3 is 0 Å². The van der Waals surface area contributed by atoms with Gasteiger partial charge in [-0.1, -0.05) is 44.6 Å². The van der Waals surface area contributed by atoms with Gasteiger partial charge in [-0.3, -0.25) is 0 Å². The third-order valence-corrected chi connectivity index (χ3v) is 2.59. The molecule has 76 valence electrons. The van der Waals surface area contributed by atoms with Gasteiger partial charge in [0.2, 0.25) is 0 Å². The minimum absolute atomic E-state index is 0.604. The first-order chi connectivity index (χ1) is 6.65. The molecule has 0 spiro atoms. The van der Waals surface area contributed by atoms with Crippen LogP contribution in [-0.4, -0.2) is 6.21 Å². The van der Waals surface area contributed by atoms with Crippen molar-refractivity contribution in [2.45, 2.75) is 27.2 Å². The molecule has 0 aromatic carbocycles. The molecule has 14 heavy (non-hydrogen) atoms. The maximum atomic E-state index is 6.98. The fourth-order valence-electron chi connectivity index (χ4n) is 1.79.